The van der Waals surface area contributed by atoms with Gasteiger partial charge in [0.2, 0.25) is 0 Å². The Labute approximate surface area is 120 Å². The van der Waals surface area contributed by atoms with Crippen LogP contribution in [0.5, 0.6) is 0 Å². The van der Waals surface area contributed by atoms with Crippen molar-refractivity contribution >= 4 is 0 Å². The van der Waals surface area contributed by atoms with Crippen LogP contribution < -0.4 is 5.73 Å². The van der Waals surface area contributed by atoms with Gasteiger partial charge in [-0.25, -0.2) is 4.98 Å². The Kier molecular flexibility index (Phi) is 4.16. The molecule has 3 nitrogen and oxygen atoms in total. The van der Waals surface area contributed by atoms with E-state index in [1.54, 1.807) is 0 Å². The molecule has 1 aliphatic carbocycles. The van der Waals surface area contributed by atoms with Crippen molar-refractivity contribution in [3.05, 3.63) is 54.1 Å². The summed E-state index contributed by atoms with van der Waals surface area (Å²) < 4.78 is 2.32. The monoisotopic (exact) mass is 269 g/mol. The number of benzene rings is 1. The molecule has 0 saturated heterocycles. The van der Waals surface area contributed by atoms with Gasteiger partial charge in [-0.05, 0) is 18.4 Å². The summed E-state index contributed by atoms with van der Waals surface area (Å²) in [5, 5.41) is 0. The lowest BCUT2D eigenvalue weighted by atomic mass is 10.0. The number of nitrogens with two attached hydrogens (primary N) is 1. The van der Waals surface area contributed by atoms with Crippen LogP contribution in [0.4, 0.5) is 0 Å². The Morgan fingerprint density at radius 3 is 2.45 bits per heavy atom. The van der Waals surface area contributed by atoms with Gasteiger partial charge in [-0.3, -0.25) is 0 Å². The SMILES string of the molecule is NC(c1ccccc1)c1cncn1C1CCCCCC1. The van der Waals surface area contributed by atoms with Gasteiger partial charge in [0.1, 0.15) is 0 Å². The van der Waals surface area contributed by atoms with Crippen molar-refractivity contribution in [2.24, 2.45) is 5.73 Å². The van der Waals surface area contributed by atoms with Gasteiger partial charge in [-0.15, -0.1) is 0 Å². The van der Waals surface area contributed by atoms with Crippen molar-refractivity contribution in [3.63, 3.8) is 0 Å². The van der Waals surface area contributed by atoms with E-state index in [0.29, 0.717) is 6.04 Å². The van der Waals surface area contributed by atoms with Gasteiger partial charge in [0.25, 0.3) is 0 Å². The molecule has 0 bridgehead atoms. The van der Waals surface area contributed by atoms with E-state index in [9.17, 15) is 0 Å². The van der Waals surface area contributed by atoms with Crippen molar-refractivity contribution in [2.75, 3.05) is 0 Å². The highest BCUT2D eigenvalue weighted by Crippen LogP contribution is 2.30. The first kappa shape index (κ1) is 13.4. The normalized spacial score (nSPS) is 18.6. The molecule has 1 fully saturated rings. The third-order valence-corrected chi connectivity index (χ3v) is 4.39. The second kappa shape index (κ2) is 6.23. The topological polar surface area (TPSA) is 43.8 Å². The van der Waals surface area contributed by atoms with E-state index in [4.69, 9.17) is 5.73 Å². The number of rotatable bonds is 3. The highest BCUT2D eigenvalue weighted by Gasteiger charge is 2.20. The molecule has 1 aromatic carbocycles. The molecular formula is C17H23N3. The lowest BCUT2D eigenvalue weighted by Crippen LogP contribution is -2.19. The second-order valence-corrected chi connectivity index (χ2v) is 5.76. The first-order chi connectivity index (χ1) is 9.86. The van der Waals surface area contributed by atoms with Crippen LogP contribution in [0.25, 0.3) is 0 Å². The molecule has 2 aromatic rings. The largest absolute Gasteiger partial charge is 0.330 e. The first-order valence-corrected chi connectivity index (χ1v) is 7.68. The molecule has 1 heterocycles. The van der Waals surface area contributed by atoms with Crippen molar-refractivity contribution in [1.82, 2.24) is 9.55 Å². The average molecular weight is 269 g/mol. The lowest BCUT2D eigenvalue weighted by molar-refractivity contribution is 0.427. The zero-order valence-corrected chi connectivity index (χ0v) is 11.9. The molecular weight excluding hydrogens is 246 g/mol. The summed E-state index contributed by atoms with van der Waals surface area (Å²) in [5.74, 6) is 0. The predicted octanol–water partition coefficient (Wildman–Crippen LogP) is 3.83. The first-order valence-electron chi connectivity index (χ1n) is 7.68. The molecule has 1 saturated carbocycles. The Morgan fingerprint density at radius 2 is 1.75 bits per heavy atom. The molecule has 2 N–H and O–H groups in total. The van der Waals surface area contributed by atoms with E-state index < -0.39 is 0 Å². The molecule has 1 aliphatic rings. The fourth-order valence-electron chi connectivity index (χ4n) is 3.23. The van der Waals surface area contributed by atoms with Gasteiger partial charge in [-0.2, -0.15) is 0 Å². The molecule has 0 spiro atoms. The number of hydrogen-bond donors (Lipinski definition) is 1. The fraction of sp³-hybridized carbons (Fsp3) is 0.471. The van der Waals surface area contributed by atoms with Crippen LogP contribution in [0.1, 0.15) is 61.9 Å². The van der Waals surface area contributed by atoms with E-state index >= 15 is 0 Å². The van der Waals surface area contributed by atoms with Crippen molar-refractivity contribution in [2.45, 2.75) is 50.6 Å². The van der Waals surface area contributed by atoms with Gasteiger partial charge in [0.05, 0.1) is 24.3 Å². The molecule has 0 amide bonds. The number of imidazole rings is 1. The van der Waals surface area contributed by atoms with Crippen LogP contribution in [0.15, 0.2) is 42.9 Å². The van der Waals surface area contributed by atoms with E-state index in [1.165, 1.54) is 38.5 Å². The fourth-order valence-corrected chi connectivity index (χ4v) is 3.23. The van der Waals surface area contributed by atoms with E-state index in [1.807, 2.05) is 30.7 Å². The Balaban J connectivity index is 1.86. The average Bonchev–Trinajstić information content (AvgIpc) is 2.83. The molecule has 1 unspecified atom stereocenters. The lowest BCUT2D eigenvalue weighted by Gasteiger charge is -2.22. The third kappa shape index (κ3) is 2.78. The smallest absolute Gasteiger partial charge is 0.0951 e. The van der Waals surface area contributed by atoms with Gasteiger partial charge in [-0.1, -0.05) is 56.0 Å². The van der Waals surface area contributed by atoms with Crippen LogP contribution in [0.3, 0.4) is 0 Å². The summed E-state index contributed by atoms with van der Waals surface area (Å²) in [7, 11) is 0. The van der Waals surface area contributed by atoms with Crippen LogP contribution in [-0.4, -0.2) is 9.55 Å². The maximum atomic E-state index is 6.45. The van der Waals surface area contributed by atoms with Gasteiger partial charge in [0.15, 0.2) is 0 Å². The maximum Gasteiger partial charge on any atom is 0.0951 e. The molecule has 106 valence electrons. The van der Waals surface area contributed by atoms with Crippen molar-refractivity contribution in [3.8, 4) is 0 Å². The highest BCUT2D eigenvalue weighted by atomic mass is 15.1. The summed E-state index contributed by atoms with van der Waals surface area (Å²) in [5.41, 5.74) is 8.74. The van der Waals surface area contributed by atoms with Gasteiger partial charge >= 0.3 is 0 Å². The van der Waals surface area contributed by atoms with Gasteiger partial charge < -0.3 is 10.3 Å². The second-order valence-electron chi connectivity index (χ2n) is 5.76. The molecule has 1 atom stereocenters. The van der Waals surface area contributed by atoms with E-state index in [2.05, 4.69) is 21.7 Å². The van der Waals surface area contributed by atoms with Crippen LogP contribution in [0, 0.1) is 0 Å². The summed E-state index contributed by atoms with van der Waals surface area (Å²) in [6, 6.07) is 10.8. The Morgan fingerprint density at radius 1 is 1.05 bits per heavy atom. The zero-order valence-electron chi connectivity index (χ0n) is 11.9. The number of hydrogen-bond acceptors (Lipinski definition) is 2. The summed E-state index contributed by atoms with van der Waals surface area (Å²) in [6.07, 6.45) is 11.8. The number of nitrogens with zero attached hydrogens (tertiary/aromatic N) is 2. The molecule has 0 radical (unpaired) electrons. The quantitative estimate of drug-likeness (QED) is 0.861. The third-order valence-electron chi connectivity index (χ3n) is 4.39. The molecule has 1 aromatic heterocycles. The maximum absolute atomic E-state index is 6.45. The Hall–Kier alpha value is -1.61. The summed E-state index contributed by atoms with van der Waals surface area (Å²) in [6.45, 7) is 0. The predicted molar refractivity (Wildman–Crippen MR) is 81.4 cm³/mol. The Bertz CT molecular complexity index is 524. The standard InChI is InChI=1S/C17H23N3/c18-17(14-8-4-3-5-9-14)16-12-19-13-20(16)15-10-6-1-2-7-11-15/h3-5,8-9,12-13,15,17H,1-2,6-7,10-11,18H2. The summed E-state index contributed by atoms with van der Waals surface area (Å²) >= 11 is 0. The van der Waals surface area contributed by atoms with Crippen molar-refractivity contribution in [1.29, 1.82) is 0 Å². The minimum absolute atomic E-state index is 0.0815. The molecule has 0 aliphatic heterocycles. The molecule has 3 heteroatoms. The van der Waals surface area contributed by atoms with Crippen LogP contribution >= 0.6 is 0 Å². The molecule has 20 heavy (non-hydrogen) atoms. The van der Waals surface area contributed by atoms with Crippen molar-refractivity contribution < 1.29 is 0 Å². The summed E-state index contributed by atoms with van der Waals surface area (Å²) in [4.78, 5) is 4.36. The minimum Gasteiger partial charge on any atom is -0.330 e. The highest BCUT2D eigenvalue weighted by molar-refractivity contribution is 5.26. The van der Waals surface area contributed by atoms with E-state index in [0.717, 1.165) is 11.3 Å². The van der Waals surface area contributed by atoms with Crippen LogP contribution in [0.2, 0.25) is 0 Å². The number of aromatic nitrogens is 2. The van der Waals surface area contributed by atoms with Crippen LogP contribution in [-0.2, 0) is 0 Å². The molecule has 3 rings (SSSR count). The zero-order chi connectivity index (χ0) is 13.8. The van der Waals surface area contributed by atoms with E-state index in [-0.39, 0.29) is 6.04 Å². The van der Waals surface area contributed by atoms with Gasteiger partial charge in [0, 0.05) is 6.04 Å². The minimum atomic E-state index is -0.0815.